The van der Waals surface area contributed by atoms with Crippen LogP contribution in [0.5, 0.6) is 0 Å². The van der Waals surface area contributed by atoms with Gasteiger partial charge in [0.25, 0.3) is 0 Å². The average Bonchev–Trinajstić information content (AvgIpc) is 3.38. The maximum atomic E-state index is 12.4. The topological polar surface area (TPSA) is 67.0 Å². The SMILES string of the molecule is Cc1ccc(NC(=O)CCC2=NN=C(c3ccco3)C2c2ccccc2)cc1. The van der Waals surface area contributed by atoms with Crippen molar-refractivity contribution in [2.24, 2.45) is 10.2 Å². The first-order valence-electron chi connectivity index (χ1n) is 9.30. The lowest BCUT2D eigenvalue weighted by Crippen LogP contribution is -2.21. The number of carbonyl (C=O) groups is 1. The van der Waals surface area contributed by atoms with Crippen molar-refractivity contribution in [3.63, 3.8) is 0 Å². The van der Waals surface area contributed by atoms with Crippen molar-refractivity contribution in [3.05, 3.63) is 89.9 Å². The Bertz CT molecular complexity index is 1000. The minimum Gasteiger partial charge on any atom is -0.463 e. The van der Waals surface area contributed by atoms with E-state index >= 15 is 0 Å². The fourth-order valence-electron chi connectivity index (χ4n) is 3.30. The molecule has 2 heterocycles. The van der Waals surface area contributed by atoms with Crippen LogP contribution in [0.15, 0.2) is 87.6 Å². The van der Waals surface area contributed by atoms with Crippen molar-refractivity contribution in [1.29, 1.82) is 0 Å². The summed E-state index contributed by atoms with van der Waals surface area (Å²) in [6.45, 7) is 2.02. The summed E-state index contributed by atoms with van der Waals surface area (Å²) in [4.78, 5) is 12.4. The zero-order valence-electron chi connectivity index (χ0n) is 15.6. The van der Waals surface area contributed by atoms with E-state index in [0.29, 0.717) is 18.6 Å². The first kappa shape index (κ1) is 17.9. The van der Waals surface area contributed by atoms with Crippen LogP contribution in [0.2, 0.25) is 0 Å². The summed E-state index contributed by atoms with van der Waals surface area (Å²) >= 11 is 0. The number of carbonyl (C=O) groups excluding carboxylic acids is 1. The van der Waals surface area contributed by atoms with E-state index in [2.05, 4.69) is 27.7 Å². The van der Waals surface area contributed by atoms with Gasteiger partial charge in [-0.2, -0.15) is 10.2 Å². The van der Waals surface area contributed by atoms with Gasteiger partial charge < -0.3 is 9.73 Å². The van der Waals surface area contributed by atoms with Crippen LogP contribution in [0.1, 0.15) is 35.6 Å². The Labute approximate surface area is 163 Å². The smallest absolute Gasteiger partial charge is 0.224 e. The number of hydrogen-bond donors (Lipinski definition) is 1. The first-order valence-corrected chi connectivity index (χ1v) is 9.30. The Morgan fingerprint density at radius 2 is 1.79 bits per heavy atom. The number of amides is 1. The lowest BCUT2D eigenvalue weighted by molar-refractivity contribution is -0.116. The Hall–Kier alpha value is -3.47. The van der Waals surface area contributed by atoms with Crippen molar-refractivity contribution in [2.75, 3.05) is 5.32 Å². The van der Waals surface area contributed by atoms with Crippen LogP contribution in [0.4, 0.5) is 5.69 Å². The molecule has 0 saturated heterocycles. The molecule has 0 aliphatic carbocycles. The van der Waals surface area contributed by atoms with Crippen molar-refractivity contribution in [1.82, 2.24) is 0 Å². The number of furan rings is 1. The summed E-state index contributed by atoms with van der Waals surface area (Å²) < 4.78 is 5.55. The summed E-state index contributed by atoms with van der Waals surface area (Å²) in [6, 6.07) is 21.6. The molecule has 28 heavy (non-hydrogen) atoms. The van der Waals surface area contributed by atoms with Gasteiger partial charge in [0.05, 0.1) is 17.9 Å². The molecule has 1 aliphatic heterocycles. The average molecular weight is 371 g/mol. The largest absolute Gasteiger partial charge is 0.463 e. The first-order chi connectivity index (χ1) is 13.7. The van der Waals surface area contributed by atoms with Crippen LogP contribution >= 0.6 is 0 Å². The molecule has 1 N–H and O–H groups in total. The van der Waals surface area contributed by atoms with Crippen LogP contribution in [0, 0.1) is 6.92 Å². The third-order valence-electron chi connectivity index (χ3n) is 4.74. The summed E-state index contributed by atoms with van der Waals surface area (Å²) in [5.41, 5.74) is 4.71. The number of nitrogens with one attached hydrogen (secondary N) is 1. The van der Waals surface area contributed by atoms with E-state index in [0.717, 1.165) is 28.2 Å². The van der Waals surface area contributed by atoms with Gasteiger partial charge in [0.1, 0.15) is 5.71 Å². The number of anilines is 1. The maximum absolute atomic E-state index is 12.4. The number of nitrogens with zero attached hydrogens (tertiary/aromatic N) is 2. The van der Waals surface area contributed by atoms with Gasteiger partial charge >= 0.3 is 0 Å². The second-order valence-corrected chi connectivity index (χ2v) is 6.81. The standard InChI is InChI=1S/C23H21N3O2/c1-16-9-11-18(12-10-16)24-21(27)14-13-19-22(17-6-3-2-4-7-17)23(26-25-19)20-8-5-15-28-20/h2-12,15,22H,13-14H2,1H3,(H,24,27). The van der Waals surface area contributed by atoms with Crippen LogP contribution in [-0.4, -0.2) is 17.3 Å². The Morgan fingerprint density at radius 3 is 2.50 bits per heavy atom. The zero-order chi connectivity index (χ0) is 19.3. The molecular formula is C23H21N3O2. The molecule has 1 aliphatic rings. The summed E-state index contributed by atoms with van der Waals surface area (Å²) in [6.07, 6.45) is 2.51. The van der Waals surface area contributed by atoms with E-state index in [1.54, 1.807) is 6.26 Å². The van der Waals surface area contributed by atoms with Crippen LogP contribution < -0.4 is 5.32 Å². The van der Waals surface area contributed by atoms with Gasteiger partial charge in [-0.1, -0.05) is 48.0 Å². The maximum Gasteiger partial charge on any atom is 0.224 e. The molecule has 1 unspecified atom stereocenters. The highest BCUT2D eigenvalue weighted by atomic mass is 16.3. The fraction of sp³-hybridized carbons (Fsp3) is 0.174. The molecule has 140 valence electrons. The molecule has 1 aromatic heterocycles. The molecule has 5 heteroatoms. The van der Waals surface area contributed by atoms with Gasteiger partial charge in [0.15, 0.2) is 5.76 Å². The van der Waals surface area contributed by atoms with Crippen LogP contribution in [0.3, 0.4) is 0 Å². The highest BCUT2D eigenvalue weighted by molar-refractivity contribution is 6.21. The molecule has 5 nitrogen and oxygen atoms in total. The number of benzene rings is 2. The molecule has 0 saturated carbocycles. The van der Waals surface area contributed by atoms with E-state index in [4.69, 9.17) is 4.42 Å². The monoisotopic (exact) mass is 371 g/mol. The van der Waals surface area contributed by atoms with Gasteiger partial charge in [-0.15, -0.1) is 0 Å². The normalized spacial score (nSPS) is 15.8. The molecule has 2 aromatic carbocycles. The molecule has 0 radical (unpaired) electrons. The fourth-order valence-corrected chi connectivity index (χ4v) is 3.30. The second-order valence-electron chi connectivity index (χ2n) is 6.81. The molecule has 0 bridgehead atoms. The van der Waals surface area contributed by atoms with Gasteiger partial charge in [0, 0.05) is 12.1 Å². The Morgan fingerprint density at radius 1 is 1.00 bits per heavy atom. The summed E-state index contributed by atoms with van der Waals surface area (Å²) in [5, 5.41) is 11.7. The Kier molecular flexibility index (Phi) is 5.15. The molecule has 3 aromatic rings. The van der Waals surface area contributed by atoms with Gasteiger partial charge in [-0.05, 0) is 43.2 Å². The minimum absolute atomic E-state index is 0.0372. The molecule has 4 rings (SSSR count). The van der Waals surface area contributed by atoms with Gasteiger partial charge in [0.2, 0.25) is 5.91 Å². The van der Waals surface area contributed by atoms with E-state index in [-0.39, 0.29) is 11.8 Å². The molecule has 0 spiro atoms. The van der Waals surface area contributed by atoms with Crippen LogP contribution in [0.25, 0.3) is 0 Å². The predicted octanol–water partition coefficient (Wildman–Crippen LogP) is 4.95. The number of rotatable bonds is 6. The third-order valence-corrected chi connectivity index (χ3v) is 4.74. The van der Waals surface area contributed by atoms with Crippen molar-refractivity contribution >= 4 is 23.0 Å². The summed E-state index contributed by atoms with van der Waals surface area (Å²) in [7, 11) is 0. The lowest BCUT2D eigenvalue weighted by Gasteiger charge is -2.15. The Balaban J connectivity index is 1.46. The van der Waals surface area contributed by atoms with E-state index in [9.17, 15) is 4.79 Å². The highest BCUT2D eigenvalue weighted by Crippen LogP contribution is 2.30. The van der Waals surface area contributed by atoms with Gasteiger partial charge in [-0.25, -0.2) is 0 Å². The van der Waals surface area contributed by atoms with Crippen LogP contribution in [-0.2, 0) is 4.79 Å². The lowest BCUT2D eigenvalue weighted by atomic mass is 9.87. The molecule has 1 atom stereocenters. The molecular weight excluding hydrogens is 350 g/mol. The minimum atomic E-state index is -0.0977. The van der Waals surface area contributed by atoms with Gasteiger partial charge in [-0.3, -0.25) is 4.79 Å². The quantitative estimate of drug-likeness (QED) is 0.666. The van der Waals surface area contributed by atoms with Crippen molar-refractivity contribution in [3.8, 4) is 0 Å². The second kappa shape index (κ2) is 8.05. The third kappa shape index (κ3) is 3.93. The summed E-state index contributed by atoms with van der Waals surface area (Å²) in [5.74, 6) is 0.570. The van der Waals surface area contributed by atoms with Crippen molar-refractivity contribution in [2.45, 2.75) is 25.7 Å². The van der Waals surface area contributed by atoms with E-state index in [1.165, 1.54) is 0 Å². The number of aryl methyl sites for hydroxylation is 1. The predicted molar refractivity (Wildman–Crippen MR) is 111 cm³/mol. The van der Waals surface area contributed by atoms with E-state index < -0.39 is 0 Å². The van der Waals surface area contributed by atoms with Crippen molar-refractivity contribution < 1.29 is 9.21 Å². The molecule has 1 amide bonds. The highest BCUT2D eigenvalue weighted by Gasteiger charge is 2.31. The number of hydrogen-bond acceptors (Lipinski definition) is 4. The van der Waals surface area contributed by atoms with E-state index in [1.807, 2.05) is 61.5 Å². The molecule has 0 fully saturated rings. The zero-order valence-corrected chi connectivity index (χ0v) is 15.6.